The van der Waals surface area contributed by atoms with Crippen molar-refractivity contribution in [1.82, 2.24) is 10.6 Å². The highest BCUT2D eigenvalue weighted by Crippen LogP contribution is 2.27. The van der Waals surface area contributed by atoms with Crippen LogP contribution in [0.2, 0.25) is 0 Å². The van der Waals surface area contributed by atoms with E-state index in [0.29, 0.717) is 12.5 Å². The van der Waals surface area contributed by atoms with E-state index >= 15 is 0 Å². The number of nitrogens with one attached hydrogen (secondary N) is 3. The summed E-state index contributed by atoms with van der Waals surface area (Å²) in [6.45, 7) is 10.4. The van der Waals surface area contributed by atoms with Gasteiger partial charge in [-0.05, 0) is 37.3 Å². The molecule has 122 valence electrons. The number of aryl methyl sites for hydroxylation is 1. The van der Waals surface area contributed by atoms with Gasteiger partial charge in [0.1, 0.15) is 6.04 Å². The summed E-state index contributed by atoms with van der Waals surface area (Å²) >= 11 is 0. The third kappa shape index (κ3) is 5.06. The van der Waals surface area contributed by atoms with Crippen LogP contribution < -0.4 is 16.0 Å². The molecule has 5 nitrogen and oxygen atoms in total. The summed E-state index contributed by atoms with van der Waals surface area (Å²) in [6.07, 6.45) is 0.867. The second-order valence-electron chi connectivity index (χ2n) is 5.81. The molecule has 3 amide bonds. The molecule has 0 heterocycles. The molecule has 0 spiro atoms. The molecule has 0 aliphatic heterocycles. The summed E-state index contributed by atoms with van der Waals surface area (Å²) in [5, 5.41) is 8.30. The van der Waals surface area contributed by atoms with Crippen molar-refractivity contribution < 1.29 is 9.59 Å². The van der Waals surface area contributed by atoms with Gasteiger partial charge in [0.25, 0.3) is 0 Å². The number of carbonyl (C=O) groups excluding carboxylic acids is 2. The lowest BCUT2D eigenvalue weighted by molar-refractivity contribution is -0.122. The van der Waals surface area contributed by atoms with Crippen molar-refractivity contribution >= 4 is 17.6 Å². The number of para-hydroxylation sites is 1. The van der Waals surface area contributed by atoms with Gasteiger partial charge in [-0.1, -0.05) is 39.0 Å². The fourth-order valence-electron chi connectivity index (χ4n) is 2.16. The lowest BCUT2D eigenvalue weighted by Gasteiger charge is -2.19. The third-order valence-corrected chi connectivity index (χ3v) is 3.46. The Bertz CT molecular complexity index is 527. The fourth-order valence-corrected chi connectivity index (χ4v) is 2.16. The SMILES string of the molecule is CCCNC(=O)C(C)NC(=O)Nc1c(C)cccc1C(C)C. The van der Waals surface area contributed by atoms with Gasteiger partial charge in [0, 0.05) is 12.2 Å². The first-order valence-corrected chi connectivity index (χ1v) is 7.81. The van der Waals surface area contributed by atoms with Gasteiger partial charge in [0.15, 0.2) is 0 Å². The summed E-state index contributed by atoms with van der Waals surface area (Å²) in [7, 11) is 0. The predicted octanol–water partition coefficient (Wildman–Crippen LogP) is 3.15. The van der Waals surface area contributed by atoms with Crippen LogP contribution in [0.25, 0.3) is 0 Å². The Labute approximate surface area is 132 Å². The molecule has 1 unspecified atom stereocenters. The molecular weight excluding hydrogens is 278 g/mol. The minimum Gasteiger partial charge on any atom is -0.354 e. The topological polar surface area (TPSA) is 70.2 Å². The fraction of sp³-hybridized carbons (Fsp3) is 0.529. The van der Waals surface area contributed by atoms with E-state index in [9.17, 15) is 9.59 Å². The molecule has 5 heteroatoms. The molecule has 0 bridgehead atoms. The van der Waals surface area contributed by atoms with Crippen molar-refractivity contribution in [2.24, 2.45) is 0 Å². The number of urea groups is 1. The van der Waals surface area contributed by atoms with Crippen molar-refractivity contribution in [3.63, 3.8) is 0 Å². The van der Waals surface area contributed by atoms with Gasteiger partial charge in [-0.15, -0.1) is 0 Å². The van der Waals surface area contributed by atoms with Gasteiger partial charge in [0.05, 0.1) is 0 Å². The summed E-state index contributed by atoms with van der Waals surface area (Å²) in [4.78, 5) is 23.9. The van der Waals surface area contributed by atoms with E-state index in [1.165, 1.54) is 0 Å². The van der Waals surface area contributed by atoms with Crippen LogP contribution in [0.3, 0.4) is 0 Å². The molecule has 1 aromatic carbocycles. The zero-order valence-corrected chi connectivity index (χ0v) is 14.1. The lowest BCUT2D eigenvalue weighted by atomic mass is 9.98. The number of benzene rings is 1. The second-order valence-corrected chi connectivity index (χ2v) is 5.81. The number of carbonyl (C=O) groups is 2. The van der Waals surface area contributed by atoms with Gasteiger partial charge >= 0.3 is 6.03 Å². The number of anilines is 1. The maximum Gasteiger partial charge on any atom is 0.319 e. The molecule has 0 aliphatic rings. The first-order valence-electron chi connectivity index (χ1n) is 7.81. The minimum atomic E-state index is -0.571. The first kappa shape index (κ1) is 18.0. The average molecular weight is 305 g/mol. The Balaban J connectivity index is 2.72. The Morgan fingerprint density at radius 1 is 1.18 bits per heavy atom. The molecule has 22 heavy (non-hydrogen) atoms. The second kappa shape index (κ2) is 8.41. The van der Waals surface area contributed by atoms with Gasteiger partial charge in [-0.2, -0.15) is 0 Å². The predicted molar refractivity (Wildman–Crippen MR) is 90.2 cm³/mol. The maximum atomic E-state index is 12.1. The molecule has 0 saturated heterocycles. The summed E-state index contributed by atoms with van der Waals surface area (Å²) in [6, 6.07) is 5.01. The zero-order valence-electron chi connectivity index (χ0n) is 14.1. The minimum absolute atomic E-state index is 0.175. The number of rotatable bonds is 6. The van der Waals surface area contributed by atoms with Crippen molar-refractivity contribution in [1.29, 1.82) is 0 Å². The monoisotopic (exact) mass is 305 g/mol. The van der Waals surface area contributed by atoms with Crippen molar-refractivity contribution in [3.05, 3.63) is 29.3 Å². The summed E-state index contributed by atoms with van der Waals surface area (Å²) in [5.74, 6) is 0.131. The van der Waals surface area contributed by atoms with Crippen molar-refractivity contribution in [2.75, 3.05) is 11.9 Å². The van der Waals surface area contributed by atoms with Crippen LogP contribution in [0, 0.1) is 6.92 Å². The highest BCUT2D eigenvalue weighted by molar-refractivity contribution is 5.94. The van der Waals surface area contributed by atoms with Crippen molar-refractivity contribution in [2.45, 2.75) is 53.0 Å². The number of hydrogen-bond acceptors (Lipinski definition) is 2. The summed E-state index contributed by atoms with van der Waals surface area (Å²) in [5.41, 5.74) is 2.90. The van der Waals surface area contributed by atoms with Gasteiger partial charge < -0.3 is 16.0 Å². The van der Waals surface area contributed by atoms with Gasteiger partial charge in [0.2, 0.25) is 5.91 Å². The quantitative estimate of drug-likeness (QED) is 0.755. The highest BCUT2D eigenvalue weighted by Gasteiger charge is 2.17. The highest BCUT2D eigenvalue weighted by atomic mass is 16.2. The van der Waals surface area contributed by atoms with E-state index in [4.69, 9.17) is 0 Å². The Morgan fingerprint density at radius 2 is 1.86 bits per heavy atom. The smallest absolute Gasteiger partial charge is 0.319 e. The van der Waals surface area contributed by atoms with Crippen LogP contribution >= 0.6 is 0 Å². The lowest BCUT2D eigenvalue weighted by Crippen LogP contribution is -2.46. The van der Waals surface area contributed by atoms with Crippen LogP contribution in [0.4, 0.5) is 10.5 Å². The normalized spacial score (nSPS) is 11.9. The molecule has 0 aromatic heterocycles. The van der Waals surface area contributed by atoms with Crippen LogP contribution in [0.1, 0.15) is 51.2 Å². The Morgan fingerprint density at radius 3 is 2.45 bits per heavy atom. The van der Waals surface area contributed by atoms with E-state index in [2.05, 4.69) is 29.8 Å². The number of hydrogen-bond donors (Lipinski definition) is 3. The van der Waals surface area contributed by atoms with E-state index in [0.717, 1.165) is 23.2 Å². The molecular formula is C17H27N3O2. The standard InChI is InChI=1S/C17H27N3O2/c1-6-10-18-16(21)13(5)19-17(22)20-15-12(4)8-7-9-14(15)11(2)3/h7-9,11,13H,6,10H2,1-5H3,(H,18,21)(H2,19,20,22). The molecule has 1 atom stereocenters. The average Bonchev–Trinajstić information content (AvgIpc) is 2.46. The number of amides is 3. The largest absolute Gasteiger partial charge is 0.354 e. The molecule has 1 aromatic rings. The van der Waals surface area contributed by atoms with Crippen LogP contribution in [-0.2, 0) is 4.79 Å². The van der Waals surface area contributed by atoms with E-state index < -0.39 is 6.04 Å². The van der Waals surface area contributed by atoms with E-state index in [1.807, 2.05) is 32.0 Å². The molecule has 0 fully saturated rings. The van der Waals surface area contributed by atoms with Gasteiger partial charge in [-0.3, -0.25) is 4.79 Å². The van der Waals surface area contributed by atoms with Crippen LogP contribution in [0.5, 0.6) is 0 Å². The van der Waals surface area contributed by atoms with E-state index in [-0.39, 0.29) is 11.9 Å². The zero-order chi connectivity index (χ0) is 16.7. The van der Waals surface area contributed by atoms with Crippen molar-refractivity contribution in [3.8, 4) is 0 Å². The summed E-state index contributed by atoms with van der Waals surface area (Å²) < 4.78 is 0. The third-order valence-electron chi connectivity index (χ3n) is 3.46. The van der Waals surface area contributed by atoms with Crippen LogP contribution in [0.15, 0.2) is 18.2 Å². The van der Waals surface area contributed by atoms with Crippen LogP contribution in [-0.4, -0.2) is 24.5 Å². The Kier molecular flexibility index (Phi) is 6.89. The van der Waals surface area contributed by atoms with Gasteiger partial charge in [-0.25, -0.2) is 4.79 Å². The molecule has 0 radical (unpaired) electrons. The molecule has 0 aliphatic carbocycles. The molecule has 1 rings (SSSR count). The Hall–Kier alpha value is -2.04. The molecule has 0 saturated carbocycles. The molecule has 3 N–H and O–H groups in total. The maximum absolute atomic E-state index is 12.1. The van der Waals surface area contributed by atoms with E-state index in [1.54, 1.807) is 6.92 Å². The first-order chi connectivity index (χ1) is 10.4.